The first-order valence-corrected chi connectivity index (χ1v) is 9.33. The van der Waals surface area contributed by atoms with Gasteiger partial charge in [-0.1, -0.05) is 18.2 Å². The summed E-state index contributed by atoms with van der Waals surface area (Å²) in [6, 6.07) is 12.0. The summed E-state index contributed by atoms with van der Waals surface area (Å²) in [5.74, 6) is -0.163. The number of hydrogen-bond acceptors (Lipinski definition) is 2. The van der Waals surface area contributed by atoms with E-state index >= 15 is 0 Å². The monoisotopic (exact) mass is 368 g/mol. The molecule has 0 aromatic heterocycles. The largest absolute Gasteiger partial charge is 0.339 e. The van der Waals surface area contributed by atoms with E-state index in [9.17, 15) is 14.0 Å². The first-order chi connectivity index (χ1) is 12.9. The second-order valence-electron chi connectivity index (χ2n) is 7.10. The van der Waals surface area contributed by atoms with Crippen LogP contribution in [-0.4, -0.2) is 47.8 Å². The number of carbonyl (C=O) groups is 2. The molecule has 27 heavy (non-hydrogen) atoms. The Morgan fingerprint density at radius 1 is 0.889 bits per heavy atom. The van der Waals surface area contributed by atoms with Crippen LogP contribution in [0.4, 0.5) is 4.39 Å². The molecule has 0 atom stereocenters. The number of aryl methyl sites for hydroxylation is 3. The van der Waals surface area contributed by atoms with Gasteiger partial charge in [0.25, 0.3) is 5.91 Å². The van der Waals surface area contributed by atoms with Gasteiger partial charge >= 0.3 is 0 Å². The van der Waals surface area contributed by atoms with Gasteiger partial charge in [0.1, 0.15) is 5.82 Å². The molecule has 0 unspecified atom stereocenters. The van der Waals surface area contributed by atoms with Crippen molar-refractivity contribution in [1.82, 2.24) is 9.80 Å². The van der Waals surface area contributed by atoms with Crippen molar-refractivity contribution in [1.29, 1.82) is 0 Å². The Labute approximate surface area is 159 Å². The number of piperazine rings is 1. The van der Waals surface area contributed by atoms with E-state index in [2.05, 4.69) is 0 Å². The normalized spacial score (nSPS) is 14.3. The van der Waals surface area contributed by atoms with Gasteiger partial charge in [-0.15, -0.1) is 0 Å². The highest BCUT2D eigenvalue weighted by atomic mass is 19.1. The molecule has 2 aromatic rings. The van der Waals surface area contributed by atoms with Gasteiger partial charge in [0, 0.05) is 38.2 Å². The lowest BCUT2D eigenvalue weighted by atomic mass is 10.1. The summed E-state index contributed by atoms with van der Waals surface area (Å²) in [4.78, 5) is 28.7. The van der Waals surface area contributed by atoms with Crippen molar-refractivity contribution in [3.8, 4) is 0 Å². The van der Waals surface area contributed by atoms with Gasteiger partial charge < -0.3 is 9.80 Å². The van der Waals surface area contributed by atoms with Gasteiger partial charge in [0.2, 0.25) is 5.91 Å². The zero-order valence-electron chi connectivity index (χ0n) is 15.9. The number of nitrogens with zero attached hydrogens (tertiary/aromatic N) is 2. The van der Waals surface area contributed by atoms with Gasteiger partial charge in [0.15, 0.2) is 0 Å². The number of halogens is 1. The van der Waals surface area contributed by atoms with Crippen molar-refractivity contribution in [2.24, 2.45) is 0 Å². The van der Waals surface area contributed by atoms with Crippen molar-refractivity contribution in [3.63, 3.8) is 0 Å². The molecule has 0 bridgehead atoms. The van der Waals surface area contributed by atoms with E-state index in [0.29, 0.717) is 44.6 Å². The third-order valence-corrected chi connectivity index (χ3v) is 5.21. The van der Waals surface area contributed by atoms with E-state index in [4.69, 9.17) is 0 Å². The summed E-state index contributed by atoms with van der Waals surface area (Å²) in [6.07, 6.45) is 0.998. The minimum atomic E-state index is -0.269. The molecule has 2 amide bonds. The number of carbonyl (C=O) groups excluding carboxylic acids is 2. The maximum absolute atomic E-state index is 12.9. The molecule has 4 nitrogen and oxygen atoms in total. The SMILES string of the molecule is Cc1ccc(C(=O)N2CCN(C(=O)CCc3ccc(F)cc3)CC2)cc1C. The van der Waals surface area contributed by atoms with Crippen LogP contribution in [-0.2, 0) is 11.2 Å². The highest BCUT2D eigenvalue weighted by Crippen LogP contribution is 2.14. The molecule has 3 rings (SSSR count). The molecule has 1 heterocycles. The predicted molar refractivity (Wildman–Crippen MR) is 103 cm³/mol. The summed E-state index contributed by atoms with van der Waals surface area (Å²) in [7, 11) is 0. The lowest BCUT2D eigenvalue weighted by Gasteiger charge is -2.35. The minimum absolute atomic E-state index is 0.0245. The van der Waals surface area contributed by atoms with Crippen molar-refractivity contribution < 1.29 is 14.0 Å². The first kappa shape index (κ1) is 19.1. The van der Waals surface area contributed by atoms with Crippen LogP contribution in [0, 0.1) is 19.7 Å². The van der Waals surface area contributed by atoms with E-state index in [0.717, 1.165) is 11.1 Å². The van der Waals surface area contributed by atoms with E-state index in [1.807, 2.05) is 41.8 Å². The molecule has 0 aliphatic carbocycles. The van der Waals surface area contributed by atoms with Crippen LogP contribution < -0.4 is 0 Å². The van der Waals surface area contributed by atoms with Crippen LogP contribution in [0.25, 0.3) is 0 Å². The van der Waals surface area contributed by atoms with Crippen LogP contribution in [0.3, 0.4) is 0 Å². The second-order valence-corrected chi connectivity index (χ2v) is 7.10. The molecule has 0 saturated carbocycles. The molecule has 5 heteroatoms. The lowest BCUT2D eigenvalue weighted by Crippen LogP contribution is -2.50. The van der Waals surface area contributed by atoms with Gasteiger partial charge in [-0.2, -0.15) is 0 Å². The Kier molecular flexibility index (Phi) is 5.89. The Morgan fingerprint density at radius 3 is 2.15 bits per heavy atom. The summed E-state index contributed by atoms with van der Waals surface area (Å²) in [5, 5.41) is 0. The Hall–Kier alpha value is -2.69. The summed E-state index contributed by atoms with van der Waals surface area (Å²) >= 11 is 0. The number of hydrogen-bond donors (Lipinski definition) is 0. The molecule has 1 saturated heterocycles. The highest BCUT2D eigenvalue weighted by molar-refractivity contribution is 5.94. The first-order valence-electron chi connectivity index (χ1n) is 9.33. The van der Waals surface area contributed by atoms with E-state index in [1.165, 1.54) is 17.7 Å². The fourth-order valence-corrected chi connectivity index (χ4v) is 3.28. The zero-order valence-corrected chi connectivity index (χ0v) is 15.9. The molecule has 0 spiro atoms. The molecule has 0 radical (unpaired) electrons. The van der Waals surface area contributed by atoms with Gasteiger partial charge in [-0.05, 0) is 61.2 Å². The number of rotatable bonds is 4. The quantitative estimate of drug-likeness (QED) is 0.830. The zero-order chi connectivity index (χ0) is 19.4. The summed E-state index contributed by atoms with van der Waals surface area (Å²) < 4.78 is 12.9. The molecule has 1 fully saturated rings. The third kappa shape index (κ3) is 4.73. The van der Waals surface area contributed by atoms with Crippen LogP contribution in [0.15, 0.2) is 42.5 Å². The van der Waals surface area contributed by atoms with Gasteiger partial charge in [-0.3, -0.25) is 9.59 Å². The van der Waals surface area contributed by atoms with Crippen LogP contribution in [0.1, 0.15) is 33.5 Å². The third-order valence-electron chi connectivity index (χ3n) is 5.21. The van der Waals surface area contributed by atoms with Crippen molar-refractivity contribution in [2.75, 3.05) is 26.2 Å². The van der Waals surface area contributed by atoms with E-state index in [-0.39, 0.29) is 17.6 Å². The van der Waals surface area contributed by atoms with E-state index in [1.54, 1.807) is 12.1 Å². The molecule has 0 N–H and O–H groups in total. The predicted octanol–water partition coefficient (Wildman–Crippen LogP) is 3.36. The molecule has 1 aliphatic heterocycles. The Bertz CT molecular complexity index is 825. The van der Waals surface area contributed by atoms with Crippen molar-refractivity contribution in [2.45, 2.75) is 26.7 Å². The smallest absolute Gasteiger partial charge is 0.253 e. The van der Waals surface area contributed by atoms with Crippen LogP contribution in [0.2, 0.25) is 0 Å². The van der Waals surface area contributed by atoms with Crippen LogP contribution >= 0.6 is 0 Å². The van der Waals surface area contributed by atoms with Gasteiger partial charge in [-0.25, -0.2) is 4.39 Å². The fourth-order valence-electron chi connectivity index (χ4n) is 3.28. The number of benzene rings is 2. The van der Waals surface area contributed by atoms with Crippen LogP contribution in [0.5, 0.6) is 0 Å². The second kappa shape index (κ2) is 8.33. The topological polar surface area (TPSA) is 40.6 Å². The Morgan fingerprint density at radius 2 is 1.52 bits per heavy atom. The molecule has 142 valence electrons. The van der Waals surface area contributed by atoms with Crippen molar-refractivity contribution >= 4 is 11.8 Å². The van der Waals surface area contributed by atoms with E-state index < -0.39 is 0 Å². The number of amides is 2. The molecule has 1 aliphatic rings. The maximum atomic E-state index is 12.9. The molecular weight excluding hydrogens is 343 g/mol. The molecule has 2 aromatic carbocycles. The minimum Gasteiger partial charge on any atom is -0.339 e. The van der Waals surface area contributed by atoms with Crippen molar-refractivity contribution in [3.05, 3.63) is 70.5 Å². The van der Waals surface area contributed by atoms with Gasteiger partial charge in [0.05, 0.1) is 0 Å². The highest BCUT2D eigenvalue weighted by Gasteiger charge is 2.24. The fraction of sp³-hybridized carbons (Fsp3) is 0.364. The molecular formula is C22H25FN2O2. The summed E-state index contributed by atoms with van der Waals surface area (Å²) in [5.41, 5.74) is 3.93. The summed E-state index contributed by atoms with van der Waals surface area (Å²) in [6.45, 7) is 6.24. The maximum Gasteiger partial charge on any atom is 0.253 e. The standard InChI is InChI=1S/C22H25FN2O2/c1-16-3-7-19(15-17(16)2)22(27)25-13-11-24(12-14-25)21(26)10-6-18-4-8-20(23)9-5-18/h3-5,7-9,15H,6,10-14H2,1-2H3. The Balaban J connectivity index is 1.50. The lowest BCUT2D eigenvalue weighted by molar-refractivity contribution is -0.132. The average molecular weight is 368 g/mol. The average Bonchev–Trinajstić information content (AvgIpc) is 2.69.